The maximum Gasteiger partial charge on any atom is 0.181 e. The lowest BCUT2D eigenvalue weighted by atomic mass is 10.2. The van der Waals surface area contributed by atoms with Crippen LogP contribution in [0.1, 0.15) is 5.56 Å². The first kappa shape index (κ1) is 18.2. The predicted molar refractivity (Wildman–Crippen MR) is 96.5 cm³/mol. The van der Waals surface area contributed by atoms with E-state index in [0.717, 1.165) is 16.5 Å². The molecule has 0 saturated heterocycles. The number of rotatable bonds is 4. The van der Waals surface area contributed by atoms with E-state index in [1.807, 2.05) is 0 Å². The topological polar surface area (TPSA) is 49.9 Å². The van der Waals surface area contributed by atoms with E-state index in [4.69, 9.17) is 11.6 Å². The summed E-state index contributed by atoms with van der Waals surface area (Å²) in [4.78, 5) is 3.35. The monoisotopic (exact) mass is 365 g/mol. The number of benzene rings is 2. The van der Waals surface area contributed by atoms with Gasteiger partial charge in [-0.25, -0.2) is 12.8 Å². The van der Waals surface area contributed by atoms with Gasteiger partial charge in [-0.15, -0.1) is 18.2 Å². The number of hydrogen-bond acceptors (Lipinski definition) is 2. The molecule has 6 heteroatoms. The van der Waals surface area contributed by atoms with Gasteiger partial charge >= 0.3 is 0 Å². The van der Waals surface area contributed by atoms with E-state index < -0.39 is 9.84 Å². The van der Waals surface area contributed by atoms with Crippen molar-refractivity contribution >= 4 is 32.3 Å². The molecule has 126 valence electrons. The Hall–Kier alpha value is -2.11. The molecule has 1 heterocycles. The Bertz CT molecular complexity index is 921. The van der Waals surface area contributed by atoms with Crippen LogP contribution in [0.25, 0.3) is 10.9 Å². The quantitative estimate of drug-likeness (QED) is 0.538. The number of aromatic nitrogens is 1. The molecule has 0 aliphatic rings. The van der Waals surface area contributed by atoms with E-state index in [9.17, 15) is 12.8 Å². The molecule has 3 aromatic rings. The Morgan fingerprint density at radius 1 is 1.17 bits per heavy atom. The van der Waals surface area contributed by atoms with Crippen LogP contribution in [0, 0.1) is 5.82 Å². The Kier molecular flexibility index (Phi) is 6.17. The minimum absolute atomic E-state index is 0.0564. The predicted octanol–water partition coefficient (Wildman–Crippen LogP) is 4.69. The molecule has 0 bridgehead atoms. The van der Waals surface area contributed by atoms with Crippen molar-refractivity contribution in [1.82, 2.24) is 4.98 Å². The fourth-order valence-corrected chi connectivity index (χ4v) is 3.42. The highest BCUT2D eigenvalue weighted by Crippen LogP contribution is 2.24. The van der Waals surface area contributed by atoms with Crippen LogP contribution in [-0.4, -0.2) is 19.2 Å². The van der Waals surface area contributed by atoms with Crippen LogP contribution >= 0.6 is 11.6 Å². The van der Waals surface area contributed by atoms with Gasteiger partial charge < -0.3 is 4.98 Å². The van der Waals surface area contributed by atoms with Crippen molar-refractivity contribution in [2.75, 3.05) is 5.75 Å². The first-order valence-electron chi connectivity index (χ1n) is 7.18. The molecule has 24 heavy (non-hydrogen) atoms. The highest BCUT2D eigenvalue weighted by Gasteiger charge is 2.14. The van der Waals surface area contributed by atoms with Crippen molar-refractivity contribution in [2.45, 2.75) is 10.8 Å². The lowest BCUT2D eigenvalue weighted by molar-refractivity contribution is 0.599. The molecule has 1 N–H and O–H groups in total. The smallest absolute Gasteiger partial charge is 0.181 e. The molecule has 1 aromatic heterocycles. The summed E-state index contributed by atoms with van der Waals surface area (Å²) in [7, 11) is -3.28. The number of alkyl halides is 1. The maximum absolute atomic E-state index is 11.9. The fourth-order valence-electron chi connectivity index (χ4n) is 2.13. The van der Waals surface area contributed by atoms with Gasteiger partial charge in [0.15, 0.2) is 9.84 Å². The molecule has 0 radical (unpaired) electrons. The van der Waals surface area contributed by atoms with E-state index >= 15 is 0 Å². The van der Waals surface area contributed by atoms with Gasteiger partial charge in [0.25, 0.3) is 0 Å². The Morgan fingerprint density at radius 2 is 1.88 bits per heavy atom. The average molecular weight is 366 g/mol. The number of nitrogens with one attached hydrogen (secondary N) is 1. The summed E-state index contributed by atoms with van der Waals surface area (Å²) in [5, 5.41) is 0.852. The van der Waals surface area contributed by atoms with Crippen molar-refractivity contribution in [3.05, 3.63) is 78.8 Å². The van der Waals surface area contributed by atoms with Gasteiger partial charge in [0, 0.05) is 23.0 Å². The minimum Gasteiger partial charge on any atom is -0.361 e. The Morgan fingerprint density at radius 3 is 2.42 bits per heavy atom. The summed E-state index contributed by atoms with van der Waals surface area (Å²) in [6.07, 6.45) is 3.18. The fraction of sp³-hybridized carbons (Fsp3) is 0.111. The molecule has 3 nitrogen and oxygen atoms in total. The second-order valence-electron chi connectivity index (χ2n) is 5.02. The van der Waals surface area contributed by atoms with Crippen LogP contribution in [0.3, 0.4) is 0 Å². The second kappa shape index (κ2) is 8.13. The van der Waals surface area contributed by atoms with E-state index in [1.165, 1.54) is 18.2 Å². The van der Waals surface area contributed by atoms with Crippen LogP contribution < -0.4 is 0 Å². The number of fused-ring (bicyclic) bond motifs is 1. The molecule has 0 saturated carbocycles. The summed E-state index contributed by atoms with van der Waals surface area (Å²) in [6, 6.07) is 12.9. The summed E-state index contributed by atoms with van der Waals surface area (Å²) in [6.45, 7) is 3.45. The molecular weight excluding hydrogens is 349 g/mol. The third kappa shape index (κ3) is 4.46. The Labute approximate surface area is 145 Å². The van der Waals surface area contributed by atoms with E-state index in [-0.39, 0.29) is 11.6 Å². The summed E-state index contributed by atoms with van der Waals surface area (Å²) >= 11 is 5.79. The molecule has 3 rings (SSSR count). The molecule has 2 aromatic carbocycles. The molecule has 0 amide bonds. The lowest BCUT2D eigenvalue weighted by Gasteiger charge is -2.02. The number of sulfone groups is 1. The zero-order valence-corrected chi connectivity index (χ0v) is 14.4. The second-order valence-corrected chi connectivity index (χ2v) is 7.32. The third-order valence-corrected chi connectivity index (χ3v) is 5.25. The molecular formula is C18H17ClFNO2S. The first-order valence-corrected chi connectivity index (χ1v) is 9.37. The van der Waals surface area contributed by atoms with Crippen molar-refractivity contribution in [1.29, 1.82) is 0 Å². The Balaban J connectivity index is 0.000000249. The van der Waals surface area contributed by atoms with Crippen LogP contribution in [0.4, 0.5) is 4.39 Å². The molecule has 0 aliphatic heterocycles. The van der Waals surface area contributed by atoms with Gasteiger partial charge in [0.1, 0.15) is 5.82 Å². The normalized spacial score (nSPS) is 10.9. The molecule has 0 aliphatic carbocycles. The number of hydrogen-bond donors (Lipinski definition) is 1. The summed E-state index contributed by atoms with van der Waals surface area (Å²) < 4.78 is 35.7. The van der Waals surface area contributed by atoms with Crippen molar-refractivity contribution in [3.63, 3.8) is 0 Å². The van der Waals surface area contributed by atoms with Gasteiger partial charge in [0.05, 0.1) is 10.6 Å². The van der Waals surface area contributed by atoms with E-state index in [0.29, 0.717) is 10.8 Å². The number of aromatic amines is 1. The van der Waals surface area contributed by atoms with Crippen LogP contribution in [-0.2, 0) is 15.7 Å². The minimum atomic E-state index is -3.28. The van der Waals surface area contributed by atoms with Gasteiger partial charge in [-0.05, 0) is 35.9 Å². The highest BCUT2D eigenvalue weighted by molar-refractivity contribution is 7.91. The number of H-pyrrole nitrogens is 1. The van der Waals surface area contributed by atoms with E-state index in [2.05, 4.69) is 11.6 Å². The molecule has 0 atom stereocenters. The van der Waals surface area contributed by atoms with Gasteiger partial charge in [0.2, 0.25) is 0 Å². The van der Waals surface area contributed by atoms with Crippen LogP contribution in [0.15, 0.2) is 72.3 Å². The van der Waals surface area contributed by atoms with Crippen molar-refractivity contribution in [3.8, 4) is 0 Å². The first-order chi connectivity index (χ1) is 11.5. The average Bonchev–Trinajstić information content (AvgIpc) is 2.98. The summed E-state index contributed by atoms with van der Waals surface area (Å²) in [5.74, 6) is 0.117. The van der Waals surface area contributed by atoms with E-state index in [1.54, 1.807) is 42.6 Å². The number of halogens is 2. The highest BCUT2D eigenvalue weighted by atomic mass is 35.5. The molecule has 0 fully saturated rings. The molecule has 0 unspecified atom stereocenters. The van der Waals surface area contributed by atoms with Crippen molar-refractivity contribution in [2.24, 2.45) is 0 Å². The zero-order chi connectivity index (χ0) is 17.6. The van der Waals surface area contributed by atoms with Crippen LogP contribution in [0.5, 0.6) is 0 Å². The largest absolute Gasteiger partial charge is 0.361 e. The van der Waals surface area contributed by atoms with Crippen LogP contribution in [0.2, 0.25) is 0 Å². The van der Waals surface area contributed by atoms with Gasteiger partial charge in [-0.3, -0.25) is 0 Å². The van der Waals surface area contributed by atoms with Gasteiger partial charge in [-0.2, -0.15) is 0 Å². The maximum atomic E-state index is 11.9. The van der Waals surface area contributed by atoms with Crippen molar-refractivity contribution < 1.29 is 12.8 Å². The van der Waals surface area contributed by atoms with Gasteiger partial charge in [-0.1, -0.05) is 24.3 Å². The zero-order valence-electron chi connectivity index (χ0n) is 12.9. The lowest BCUT2D eigenvalue weighted by Crippen LogP contribution is -2.04. The third-order valence-electron chi connectivity index (χ3n) is 3.31. The SMILES string of the molecule is C=CCS(=O)(=O)c1ccc2[nH]cc(CCl)c2c1.Fc1ccccc1. The summed E-state index contributed by atoms with van der Waals surface area (Å²) in [5.41, 5.74) is 1.79. The standard InChI is InChI=1S/C12H12ClNO2S.C6H5F/c1-2-5-17(15,16)10-3-4-12-11(6-10)9(7-13)8-14-12;7-6-4-2-1-3-5-6/h2-4,6,8,14H,1,5,7H2;1-5H. The molecule has 0 spiro atoms.